The molecule has 1 aliphatic rings. The molecule has 0 bridgehead atoms. The Balaban J connectivity index is 2.26. The van der Waals surface area contributed by atoms with Crippen LogP contribution in [-0.4, -0.2) is 24.7 Å². The molecule has 4 nitrogen and oxygen atoms in total. The Bertz CT molecular complexity index is 750. The van der Waals surface area contributed by atoms with Gasteiger partial charge < -0.3 is 5.11 Å². The van der Waals surface area contributed by atoms with Crippen LogP contribution in [0.5, 0.6) is 0 Å². The first-order valence-corrected chi connectivity index (χ1v) is 7.28. The third-order valence-corrected chi connectivity index (χ3v) is 4.35. The monoisotopic (exact) mass is 276 g/mol. The fraction of sp³-hybridized carbons (Fsp3) is 0.143. The Morgan fingerprint density at radius 2 is 1.68 bits per heavy atom. The highest BCUT2D eigenvalue weighted by molar-refractivity contribution is 7.85. The van der Waals surface area contributed by atoms with Crippen molar-refractivity contribution in [2.45, 2.75) is 10.8 Å². The lowest BCUT2D eigenvalue weighted by Crippen LogP contribution is -2.04. The van der Waals surface area contributed by atoms with Crippen molar-refractivity contribution in [3.8, 4) is 11.1 Å². The van der Waals surface area contributed by atoms with E-state index in [1.807, 2.05) is 24.3 Å². The molecule has 1 aliphatic carbocycles. The van der Waals surface area contributed by atoms with Gasteiger partial charge in [-0.2, -0.15) is 8.42 Å². The van der Waals surface area contributed by atoms with E-state index in [2.05, 4.69) is 0 Å². The topological polar surface area (TPSA) is 74.6 Å². The van der Waals surface area contributed by atoms with Crippen molar-refractivity contribution in [2.24, 2.45) is 0 Å². The van der Waals surface area contributed by atoms with Crippen LogP contribution in [0.2, 0.25) is 0 Å². The first kappa shape index (κ1) is 12.3. The van der Waals surface area contributed by atoms with Crippen molar-refractivity contribution in [2.75, 3.05) is 6.61 Å². The maximum absolute atomic E-state index is 11.2. The van der Waals surface area contributed by atoms with E-state index >= 15 is 0 Å². The molecule has 0 radical (unpaired) electrons. The maximum atomic E-state index is 11.2. The Hall–Kier alpha value is -1.69. The fourth-order valence-electron chi connectivity index (χ4n) is 2.65. The summed E-state index contributed by atoms with van der Waals surface area (Å²) in [6.07, 6.45) is 0. The summed E-state index contributed by atoms with van der Waals surface area (Å²) < 4.78 is 31.5. The third-order valence-electron chi connectivity index (χ3n) is 3.51. The quantitative estimate of drug-likeness (QED) is 0.823. The Morgan fingerprint density at radius 3 is 2.37 bits per heavy atom. The molecule has 0 heterocycles. The zero-order valence-corrected chi connectivity index (χ0v) is 10.8. The minimum absolute atomic E-state index is 0.0983. The molecule has 0 aliphatic heterocycles. The highest BCUT2D eigenvalue weighted by Crippen LogP contribution is 2.44. The van der Waals surface area contributed by atoms with Crippen LogP contribution in [-0.2, 0) is 10.1 Å². The van der Waals surface area contributed by atoms with E-state index in [9.17, 15) is 13.5 Å². The summed E-state index contributed by atoms with van der Waals surface area (Å²) in [4.78, 5) is -0.141. The van der Waals surface area contributed by atoms with Gasteiger partial charge in [-0.15, -0.1) is 0 Å². The molecular weight excluding hydrogens is 264 g/mol. The Labute approximate surface area is 111 Å². The number of fused-ring (bicyclic) bond motifs is 3. The summed E-state index contributed by atoms with van der Waals surface area (Å²) in [7, 11) is -4.23. The molecule has 0 spiro atoms. The van der Waals surface area contributed by atoms with Crippen LogP contribution in [0.3, 0.4) is 0 Å². The van der Waals surface area contributed by atoms with E-state index in [4.69, 9.17) is 4.55 Å². The molecule has 98 valence electrons. The van der Waals surface area contributed by atoms with Crippen molar-refractivity contribution >= 4 is 10.1 Å². The number of aliphatic hydroxyl groups is 1. The summed E-state index contributed by atoms with van der Waals surface area (Å²) in [5.41, 5.74) is 3.62. The first-order valence-electron chi connectivity index (χ1n) is 5.84. The van der Waals surface area contributed by atoms with E-state index in [1.54, 1.807) is 6.07 Å². The second-order valence-electron chi connectivity index (χ2n) is 4.55. The lowest BCUT2D eigenvalue weighted by Gasteiger charge is -2.10. The van der Waals surface area contributed by atoms with E-state index in [0.29, 0.717) is 0 Å². The molecule has 0 amide bonds. The molecule has 2 aromatic carbocycles. The van der Waals surface area contributed by atoms with E-state index in [1.165, 1.54) is 12.1 Å². The summed E-state index contributed by atoms with van der Waals surface area (Å²) >= 11 is 0. The molecular formula is C14H12O4S. The summed E-state index contributed by atoms with van der Waals surface area (Å²) in [6.45, 7) is -0.0983. The van der Waals surface area contributed by atoms with Gasteiger partial charge >= 0.3 is 0 Å². The predicted octanol–water partition coefficient (Wildman–Crippen LogP) is 2.04. The van der Waals surface area contributed by atoms with Crippen LogP contribution >= 0.6 is 0 Å². The van der Waals surface area contributed by atoms with Gasteiger partial charge in [0.25, 0.3) is 10.1 Å². The number of aliphatic hydroxyl groups excluding tert-OH is 1. The Morgan fingerprint density at radius 1 is 1.00 bits per heavy atom. The maximum Gasteiger partial charge on any atom is 0.294 e. The molecule has 0 fully saturated rings. The van der Waals surface area contributed by atoms with Gasteiger partial charge in [0.15, 0.2) is 0 Å². The Kier molecular flexibility index (Phi) is 2.70. The summed E-state index contributed by atoms with van der Waals surface area (Å²) in [5, 5.41) is 9.54. The number of rotatable bonds is 2. The van der Waals surface area contributed by atoms with Crippen LogP contribution in [0.4, 0.5) is 0 Å². The number of hydrogen-bond donors (Lipinski definition) is 2. The summed E-state index contributed by atoms with van der Waals surface area (Å²) in [5.74, 6) is -0.243. The lowest BCUT2D eigenvalue weighted by atomic mass is 9.98. The van der Waals surface area contributed by atoms with Gasteiger partial charge in [-0.05, 0) is 34.4 Å². The molecule has 2 N–H and O–H groups in total. The minimum atomic E-state index is -4.23. The van der Waals surface area contributed by atoms with E-state index in [0.717, 1.165) is 22.3 Å². The molecule has 0 aromatic heterocycles. The second kappa shape index (κ2) is 4.16. The SMILES string of the molecule is O=S(=O)(O)c1ccc2c(c1)C(CO)c1ccccc1-2. The third kappa shape index (κ3) is 1.87. The van der Waals surface area contributed by atoms with Crippen molar-refractivity contribution in [1.82, 2.24) is 0 Å². The van der Waals surface area contributed by atoms with Gasteiger partial charge in [-0.3, -0.25) is 4.55 Å². The minimum Gasteiger partial charge on any atom is -0.395 e. The van der Waals surface area contributed by atoms with Gasteiger partial charge in [0, 0.05) is 5.92 Å². The van der Waals surface area contributed by atoms with Crippen molar-refractivity contribution < 1.29 is 18.1 Å². The van der Waals surface area contributed by atoms with Gasteiger partial charge in [0.1, 0.15) is 0 Å². The van der Waals surface area contributed by atoms with Crippen molar-refractivity contribution in [1.29, 1.82) is 0 Å². The summed E-state index contributed by atoms with van der Waals surface area (Å²) in [6, 6.07) is 12.1. The van der Waals surface area contributed by atoms with Gasteiger partial charge in [0.2, 0.25) is 0 Å². The fourth-order valence-corrected chi connectivity index (χ4v) is 3.16. The van der Waals surface area contributed by atoms with Crippen LogP contribution in [0.15, 0.2) is 47.4 Å². The first-order chi connectivity index (χ1) is 9.02. The molecule has 0 saturated heterocycles. The van der Waals surface area contributed by atoms with E-state index in [-0.39, 0.29) is 17.4 Å². The van der Waals surface area contributed by atoms with Crippen molar-refractivity contribution in [3.05, 3.63) is 53.6 Å². The highest BCUT2D eigenvalue weighted by Gasteiger charge is 2.29. The van der Waals surface area contributed by atoms with Gasteiger partial charge in [-0.1, -0.05) is 30.3 Å². The van der Waals surface area contributed by atoms with Crippen LogP contribution in [0.1, 0.15) is 17.0 Å². The van der Waals surface area contributed by atoms with Crippen LogP contribution in [0, 0.1) is 0 Å². The molecule has 5 heteroatoms. The van der Waals surface area contributed by atoms with Crippen LogP contribution < -0.4 is 0 Å². The lowest BCUT2D eigenvalue weighted by molar-refractivity contribution is 0.282. The molecule has 3 rings (SSSR count). The second-order valence-corrected chi connectivity index (χ2v) is 5.97. The normalized spacial score (nSPS) is 17.1. The standard InChI is InChI=1S/C14H12O4S/c15-8-14-11-4-2-1-3-10(11)12-6-5-9(7-13(12)14)19(16,17)18/h1-7,14-15H,8H2,(H,16,17,18). The zero-order valence-electron chi connectivity index (χ0n) is 9.95. The predicted molar refractivity (Wildman–Crippen MR) is 70.6 cm³/mol. The molecule has 0 saturated carbocycles. The smallest absolute Gasteiger partial charge is 0.294 e. The van der Waals surface area contributed by atoms with Gasteiger partial charge in [-0.25, -0.2) is 0 Å². The van der Waals surface area contributed by atoms with Crippen LogP contribution in [0.25, 0.3) is 11.1 Å². The molecule has 1 atom stereocenters. The molecule has 2 aromatic rings. The molecule has 1 unspecified atom stereocenters. The average Bonchev–Trinajstić information content (AvgIpc) is 2.70. The molecule has 19 heavy (non-hydrogen) atoms. The zero-order chi connectivity index (χ0) is 13.6. The average molecular weight is 276 g/mol. The number of benzene rings is 2. The van der Waals surface area contributed by atoms with E-state index < -0.39 is 10.1 Å². The highest BCUT2D eigenvalue weighted by atomic mass is 32.2. The van der Waals surface area contributed by atoms with Crippen molar-refractivity contribution in [3.63, 3.8) is 0 Å². The number of hydrogen-bond acceptors (Lipinski definition) is 3. The van der Waals surface area contributed by atoms with Gasteiger partial charge in [0.05, 0.1) is 11.5 Å². The largest absolute Gasteiger partial charge is 0.395 e.